The van der Waals surface area contributed by atoms with Crippen molar-refractivity contribution in [3.8, 4) is 11.8 Å². The van der Waals surface area contributed by atoms with Crippen molar-refractivity contribution in [2.45, 2.75) is 45.3 Å². The summed E-state index contributed by atoms with van der Waals surface area (Å²) in [5, 5.41) is 8.85. The molecule has 92 valence electrons. The molecule has 3 heteroatoms. The van der Waals surface area contributed by atoms with Crippen LogP contribution in [-0.2, 0) is 6.42 Å². The predicted octanol–water partition coefficient (Wildman–Crippen LogP) is 2.65. The molecular weight excluding hydrogens is 212 g/mol. The van der Waals surface area contributed by atoms with Crippen molar-refractivity contribution in [3.05, 3.63) is 29.8 Å². The fraction of sp³-hybridized carbons (Fsp3) is 0.500. The van der Waals surface area contributed by atoms with Gasteiger partial charge < -0.3 is 10.5 Å². The molecular formula is C14H20N2O. The van der Waals surface area contributed by atoms with E-state index in [4.69, 9.17) is 15.7 Å². The van der Waals surface area contributed by atoms with Gasteiger partial charge in [0.15, 0.2) is 0 Å². The minimum atomic E-state index is -0.831. The highest BCUT2D eigenvalue weighted by Gasteiger charge is 2.21. The number of rotatable bonds is 5. The maximum absolute atomic E-state index is 8.85. The zero-order valence-corrected chi connectivity index (χ0v) is 10.7. The lowest BCUT2D eigenvalue weighted by atomic mass is 9.98. The Balaban J connectivity index is 2.56. The minimum Gasteiger partial charge on any atom is -0.491 e. The zero-order chi connectivity index (χ0) is 12.9. The Kier molecular flexibility index (Phi) is 4.53. The first kappa shape index (κ1) is 13.5. The SMILES string of the molecule is CCc1ccc(OC(C)CC(C)(N)C#N)cc1. The van der Waals surface area contributed by atoms with Gasteiger partial charge in [0.25, 0.3) is 0 Å². The van der Waals surface area contributed by atoms with Crippen LogP contribution in [0, 0.1) is 11.3 Å². The number of ether oxygens (including phenoxy) is 1. The molecule has 3 nitrogen and oxygen atoms in total. The van der Waals surface area contributed by atoms with Crippen LogP contribution in [0.5, 0.6) is 5.75 Å². The highest BCUT2D eigenvalue weighted by molar-refractivity contribution is 5.27. The number of hydrogen-bond acceptors (Lipinski definition) is 3. The summed E-state index contributed by atoms with van der Waals surface area (Å²) in [6.45, 7) is 5.76. The van der Waals surface area contributed by atoms with Gasteiger partial charge in [0, 0.05) is 6.42 Å². The largest absolute Gasteiger partial charge is 0.491 e. The van der Waals surface area contributed by atoms with E-state index in [1.54, 1.807) is 6.92 Å². The molecule has 0 saturated carbocycles. The fourth-order valence-electron chi connectivity index (χ4n) is 1.72. The lowest BCUT2D eigenvalue weighted by Crippen LogP contribution is -2.38. The van der Waals surface area contributed by atoms with Crippen molar-refractivity contribution >= 4 is 0 Å². The van der Waals surface area contributed by atoms with Gasteiger partial charge in [-0.25, -0.2) is 0 Å². The third-order valence-electron chi connectivity index (χ3n) is 2.64. The zero-order valence-electron chi connectivity index (χ0n) is 10.7. The molecule has 0 amide bonds. The van der Waals surface area contributed by atoms with Crippen LogP contribution < -0.4 is 10.5 Å². The van der Waals surface area contributed by atoms with Crippen LogP contribution in [0.25, 0.3) is 0 Å². The molecule has 0 heterocycles. The molecule has 0 aliphatic heterocycles. The normalized spacial score (nSPS) is 15.7. The van der Waals surface area contributed by atoms with Gasteiger partial charge in [0.2, 0.25) is 0 Å². The second-order valence-electron chi connectivity index (χ2n) is 4.66. The second-order valence-corrected chi connectivity index (χ2v) is 4.66. The number of aryl methyl sites for hydroxylation is 1. The van der Waals surface area contributed by atoms with E-state index in [0.29, 0.717) is 6.42 Å². The summed E-state index contributed by atoms with van der Waals surface area (Å²) >= 11 is 0. The molecule has 0 aromatic heterocycles. The quantitative estimate of drug-likeness (QED) is 0.849. The Labute approximate surface area is 103 Å². The van der Waals surface area contributed by atoms with E-state index in [2.05, 4.69) is 13.0 Å². The molecule has 0 saturated heterocycles. The van der Waals surface area contributed by atoms with Gasteiger partial charge >= 0.3 is 0 Å². The molecule has 1 aromatic rings. The fourth-order valence-corrected chi connectivity index (χ4v) is 1.72. The average molecular weight is 232 g/mol. The smallest absolute Gasteiger partial charge is 0.119 e. The van der Waals surface area contributed by atoms with Crippen LogP contribution in [0.15, 0.2) is 24.3 Å². The van der Waals surface area contributed by atoms with Crippen molar-refractivity contribution < 1.29 is 4.74 Å². The Morgan fingerprint density at radius 2 is 2.00 bits per heavy atom. The van der Waals surface area contributed by atoms with Crippen molar-refractivity contribution in [3.63, 3.8) is 0 Å². The molecule has 0 aliphatic carbocycles. The summed E-state index contributed by atoms with van der Waals surface area (Å²) in [6.07, 6.45) is 1.46. The third-order valence-corrected chi connectivity index (χ3v) is 2.64. The van der Waals surface area contributed by atoms with E-state index in [1.165, 1.54) is 5.56 Å². The topological polar surface area (TPSA) is 59.0 Å². The van der Waals surface area contributed by atoms with Crippen molar-refractivity contribution in [2.75, 3.05) is 0 Å². The number of hydrogen-bond donors (Lipinski definition) is 1. The summed E-state index contributed by atoms with van der Waals surface area (Å²) in [4.78, 5) is 0. The van der Waals surface area contributed by atoms with E-state index >= 15 is 0 Å². The first-order valence-electron chi connectivity index (χ1n) is 5.92. The molecule has 0 bridgehead atoms. The average Bonchev–Trinajstić information content (AvgIpc) is 2.29. The minimum absolute atomic E-state index is 0.0721. The maximum Gasteiger partial charge on any atom is 0.119 e. The number of nitrogens with two attached hydrogens (primary N) is 1. The molecule has 17 heavy (non-hydrogen) atoms. The van der Waals surface area contributed by atoms with Gasteiger partial charge in [0.05, 0.1) is 12.2 Å². The van der Waals surface area contributed by atoms with E-state index in [-0.39, 0.29) is 6.10 Å². The molecule has 0 radical (unpaired) electrons. The molecule has 2 unspecified atom stereocenters. The van der Waals surface area contributed by atoms with Crippen LogP contribution in [0.2, 0.25) is 0 Å². The van der Waals surface area contributed by atoms with Crippen LogP contribution in [0.4, 0.5) is 0 Å². The van der Waals surface area contributed by atoms with Crippen LogP contribution in [0.1, 0.15) is 32.8 Å². The summed E-state index contributed by atoms with van der Waals surface area (Å²) in [7, 11) is 0. The molecule has 0 fully saturated rings. The Bertz CT molecular complexity index is 390. The number of nitrogens with zero attached hydrogens (tertiary/aromatic N) is 1. The number of nitriles is 1. The molecule has 0 spiro atoms. The summed E-state index contributed by atoms with van der Waals surface area (Å²) in [5.41, 5.74) is 6.23. The molecule has 1 aromatic carbocycles. The first-order chi connectivity index (χ1) is 7.96. The lowest BCUT2D eigenvalue weighted by Gasteiger charge is -2.21. The predicted molar refractivity (Wildman–Crippen MR) is 68.7 cm³/mol. The third kappa shape index (κ3) is 4.46. The van der Waals surface area contributed by atoms with E-state index in [1.807, 2.05) is 31.2 Å². The highest BCUT2D eigenvalue weighted by atomic mass is 16.5. The molecule has 1 rings (SSSR count). The summed E-state index contributed by atoms with van der Waals surface area (Å²) < 4.78 is 5.72. The van der Waals surface area contributed by atoms with Crippen molar-refractivity contribution in [2.24, 2.45) is 5.73 Å². The molecule has 0 aliphatic rings. The molecule has 2 atom stereocenters. The first-order valence-corrected chi connectivity index (χ1v) is 5.92. The van der Waals surface area contributed by atoms with Gasteiger partial charge in [-0.15, -0.1) is 0 Å². The van der Waals surface area contributed by atoms with Gasteiger partial charge in [-0.05, 0) is 38.0 Å². The molecule has 2 N–H and O–H groups in total. The Hall–Kier alpha value is -1.53. The summed E-state index contributed by atoms with van der Waals surface area (Å²) in [5.74, 6) is 0.823. The monoisotopic (exact) mass is 232 g/mol. The van der Waals surface area contributed by atoms with Gasteiger partial charge in [-0.3, -0.25) is 0 Å². The standard InChI is InChI=1S/C14H20N2O/c1-4-12-5-7-13(8-6-12)17-11(2)9-14(3,16)10-15/h5-8,11H,4,9,16H2,1-3H3. The van der Waals surface area contributed by atoms with Gasteiger partial charge in [0.1, 0.15) is 11.3 Å². The van der Waals surface area contributed by atoms with E-state index in [9.17, 15) is 0 Å². The van der Waals surface area contributed by atoms with Crippen molar-refractivity contribution in [1.82, 2.24) is 0 Å². The van der Waals surface area contributed by atoms with Gasteiger partial charge in [-0.1, -0.05) is 19.1 Å². The van der Waals surface area contributed by atoms with Crippen LogP contribution >= 0.6 is 0 Å². The Morgan fingerprint density at radius 3 is 2.47 bits per heavy atom. The Morgan fingerprint density at radius 1 is 1.41 bits per heavy atom. The van der Waals surface area contributed by atoms with E-state index in [0.717, 1.165) is 12.2 Å². The van der Waals surface area contributed by atoms with Gasteiger partial charge in [-0.2, -0.15) is 5.26 Å². The van der Waals surface area contributed by atoms with Crippen LogP contribution in [-0.4, -0.2) is 11.6 Å². The highest BCUT2D eigenvalue weighted by Crippen LogP contribution is 2.17. The van der Waals surface area contributed by atoms with Crippen LogP contribution in [0.3, 0.4) is 0 Å². The number of benzene rings is 1. The van der Waals surface area contributed by atoms with Crippen molar-refractivity contribution in [1.29, 1.82) is 5.26 Å². The second kappa shape index (κ2) is 5.70. The van der Waals surface area contributed by atoms with E-state index < -0.39 is 5.54 Å². The maximum atomic E-state index is 8.85. The lowest BCUT2D eigenvalue weighted by molar-refractivity contribution is 0.191. The summed E-state index contributed by atoms with van der Waals surface area (Å²) in [6, 6.07) is 10.1.